The van der Waals surface area contributed by atoms with Gasteiger partial charge in [-0.2, -0.15) is 0 Å². The van der Waals surface area contributed by atoms with Crippen LogP contribution in [0.3, 0.4) is 0 Å². The molecule has 9 nitrogen and oxygen atoms in total. The zero-order valence-corrected chi connectivity index (χ0v) is 21.7. The average molecular weight is 494 g/mol. The molecule has 1 aromatic carbocycles. The van der Waals surface area contributed by atoms with E-state index in [9.17, 15) is 19.2 Å². The molecule has 0 spiro atoms. The zero-order chi connectivity index (χ0) is 26.6. The van der Waals surface area contributed by atoms with E-state index in [-0.39, 0.29) is 55.2 Å². The van der Waals surface area contributed by atoms with Gasteiger partial charge >= 0.3 is 23.9 Å². The molecule has 1 aromatic rings. The Morgan fingerprint density at radius 3 is 2.03 bits per heavy atom. The Labute approximate surface area is 207 Å². The molecule has 0 unspecified atom stereocenters. The van der Waals surface area contributed by atoms with Crippen LogP contribution in [0, 0.1) is 5.41 Å². The second-order valence-electron chi connectivity index (χ2n) is 9.71. The van der Waals surface area contributed by atoms with Crippen molar-refractivity contribution in [2.75, 3.05) is 6.61 Å². The first kappa shape index (κ1) is 30.1. The summed E-state index contributed by atoms with van der Waals surface area (Å²) in [7, 11) is 0. The van der Waals surface area contributed by atoms with E-state index in [1.165, 1.54) is 12.1 Å². The molecule has 0 aliphatic heterocycles. The highest BCUT2D eigenvalue weighted by Gasteiger charge is 2.22. The van der Waals surface area contributed by atoms with Crippen LogP contribution < -0.4 is 15.2 Å². The normalized spacial score (nSPS) is 12.9. The predicted molar refractivity (Wildman–Crippen MR) is 130 cm³/mol. The number of carbonyl (C=O) groups is 4. The predicted octanol–water partition coefficient (Wildman–Crippen LogP) is 3.88. The van der Waals surface area contributed by atoms with Gasteiger partial charge in [-0.05, 0) is 49.3 Å². The summed E-state index contributed by atoms with van der Waals surface area (Å²) < 4.78 is 21.2. The molecule has 2 N–H and O–H groups in total. The molecule has 2 atom stereocenters. The summed E-state index contributed by atoms with van der Waals surface area (Å²) in [6.07, 6.45) is 1.33. The van der Waals surface area contributed by atoms with Crippen molar-refractivity contribution in [3.63, 3.8) is 0 Å². The molecule has 35 heavy (non-hydrogen) atoms. The molecule has 0 saturated heterocycles. The number of ether oxygens (including phenoxy) is 4. The van der Waals surface area contributed by atoms with Crippen LogP contribution in [-0.2, 0) is 35.1 Å². The molecule has 196 valence electrons. The first-order valence-electron chi connectivity index (χ1n) is 12.0. The van der Waals surface area contributed by atoms with Crippen molar-refractivity contribution in [2.24, 2.45) is 11.1 Å². The lowest BCUT2D eigenvalue weighted by atomic mass is 9.92. The third kappa shape index (κ3) is 12.4. The molecule has 0 saturated carbocycles. The minimum absolute atomic E-state index is 0.0667. The lowest BCUT2D eigenvalue weighted by Gasteiger charge is -2.19. The number of benzene rings is 1. The number of rotatable bonds is 13. The standard InChI is InChI=1S/C26H39NO8/c1-7-9-22(28)34-20-12-11-18(14-21(20)35-23(29)10-8-2)13-19(27)25(31)33-17(3)16-32-24(30)15-26(4,5)6/h11-12,14,17,19H,7-10,13,15-16,27H2,1-6H3/t17-,19-/m0/s1. The van der Waals surface area contributed by atoms with Crippen LogP contribution >= 0.6 is 0 Å². The second-order valence-corrected chi connectivity index (χ2v) is 9.71. The minimum Gasteiger partial charge on any atom is -0.462 e. The second kappa shape index (κ2) is 14.5. The largest absolute Gasteiger partial charge is 0.462 e. The van der Waals surface area contributed by atoms with E-state index in [4.69, 9.17) is 24.7 Å². The highest BCUT2D eigenvalue weighted by molar-refractivity contribution is 5.77. The van der Waals surface area contributed by atoms with E-state index in [1.807, 2.05) is 34.6 Å². The van der Waals surface area contributed by atoms with Gasteiger partial charge in [-0.25, -0.2) is 0 Å². The molecular formula is C26H39NO8. The average Bonchev–Trinajstić information content (AvgIpc) is 2.73. The number of esters is 4. The third-order valence-corrected chi connectivity index (χ3v) is 4.59. The van der Waals surface area contributed by atoms with Gasteiger partial charge < -0.3 is 24.7 Å². The monoisotopic (exact) mass is 493 g/mol. The first-order chi connectivity index (χ1) is 16.3. The van der Waals surface area contributed by atoms with Gasteiger partial charge in [0.25, 0.3) is 0 Å². The van der Waals surface area contributed by atoms with Gasteiger partial charge in [0, 0.05) is 12.8 Å². The topological polar surface area (TPSA) is 131 Å². The molecule has 1 rings (SSSR count). The van der Waals surface area contributed by atoms with E-state index < -0.39 is 30.1 Å². The third-order valence-electron chi connectivity index (χ3n) is 4.59. The zero-order valence-electron chi connectivity index (χ0n) is 21.7. The maximum absolute atomic E-state index is 12.4. The van der Waals surface area contributed by atoms with Crippen molar-refractivity contribution in [3.8, 4) is 11.5 Å². The molecule has 0 amide bonds. The van der Waals surface area contributed by atoms with Gasteiger partial charge in [-0.3, -0.25) is 19.2 Å². The minimum atomic E-state index is -1.00. The fourth-order valence-corrected chi connectivity index (χ4v) is 2.95. The fourth-order valence-electron chi connectivity index (χ4n) is 2.95. The summed E-state index contributed by atoms with van der Waals surface area (Å²) >= 11 is 0. The van der Waals surface area contributed by atoms with Crippen LogP contribution in [0.25, 0.3) is 0 Å². The summed E-state index contributed by atoms with van der Waals surface area (Å²) in [6.45, 7) is 11.0. The van der Waals surface area contributed by atoms with Gasteiger partial charge in [0.15, 0.2) is 11.5 Å². The van der Waals surface area contributed by atoms with Crippen molar-refractivity contribution in [3.05, 3.63) is 23.8 Å². The van der Waals surface area contributed by atoms with E-state index in [0.717, 1.165) is 0 Å². The number of carbonyl (C=O) groups excluding carboxylic acids is 4. The van der Waals surface area contributed by atoms with Crippen LogP contribution in [0.15, 0.2) is 18.2 Å². The highest BCUT2D eigenvalue weighted by atomic mass is 16.6. The molecule has 0 fully saturated rings. The summed E-state index contributed by atoms with van der Waals surface area (Å²) in [5, 5.41) is 0. The van der Waals surface area contributed by atoms with E-state index in [0.29, 0.717) is 18.4 Å². The van der Waals surface area contributed by atoms with Gasteiger partial charge in [0.05, 0.1) is 6.42 Å². The van der Waals surface area contributed by atoms with E-state index in [2.05, 4.69) is 0 Å². The molecular weight excluding hydrogens is 454 g/mol. The van der Waals surface area contributed by atoms with Crippen molar-refractivity contribution in [1.82, 2.24) is 0 Å². The summed E-state index contributed by atoms with van der Waals surface area (Å²) in [6, 6.07) is 3.66. The van der Waals surface area contributed by atoms with Crippen LogP contribution in [0.1, 0.15) is 79.2 Å². The summed E-state index contributed by atoms with van der Waals surface area (Å²) in [5.41, 5.74) is 6.41. The van der Waals surface area contributed by atoms with Crippen molar-refractivity contribution >= 4 is 23.9 Å². The Morgan fingerprint density at radius 1 is 0.914 bits per heavy atom. The lowest BCUT2D eigenvalue weighted by molar-refractivity contribution is -0.159. The van der Waals surface area contributed by atoms with Crippen molar-refractivity contribution in [1.29, 1.82) is 0 Å². The summed E-state index contributed by atoms with van der Waals surface area (Å²) in [4.78, 5) is 48.2. The fraction of sp³-hybridized carbons (Fsp3) is 0.615. The Morgan fingerprint density at radius 2 is 1.49 bits per heavy atom. The number of nitrogens with two attached hydrogens (primary N) is 1. The molecule has 9 heteroatoms. The molecule has 0 aliphatic rings. The Balaban J connectivity index is 2.78. The van der Waals surface area contributed by atoms with E-state index in [1.54, 1.807) is 13.0 Å². The van der Waals surface area contributed by atoms with Gasteiger partial charge in [-0.1, -0.05) is 40.7 Å². The molecule has 0 heterocycles. The molecule has 0 bridgehead atoms. The SMILES string of the molecule is CCCC(=O)Oc1ccc(C[C@H](N)C(=O)O[C@@H](C)COC(=O)CC(C)(C)C)cc1OC(=O)CCC. The molecule has 0 aliphatic carbocycles. The smallest absolute Gasteiger partial charge is 0.323 e. The van der Waals surface area contributed by atoms with Crippen LogP contribution in [-0.4, -0.2) is 42.6 Å². The lowest BCUT2D eigenvalue weighted by Crippen LogP contribution is -2.37. The summed E-state index contributed by atoms with van der Waals surface area (Å²) in [5.74, 6) is -1.72. The van der Waals surface area contributed by atoms with Crippen molar-refractivity contribution < 1.29 is 38.1 Å². The van der Waals surface area contributed by atoms with Crippen LogP contribution in [0.5, 0.6) is 11.5 Å². The first-order valence-corrected chi connectivity index (χ1v) is 12.0. The van der Waals surface area contributed by atoms with Crippen molar-refractivity contribution in [2.45, 2.75) is 92.2 Å². The Kier molecular flexibility index (Phi) is 12.4. The highest BCUT2D eigenvalue weighted by Crippen LogP contribution is 2.30. The van der Waals surface area contributed by atoms with Gasteiger partial charge in [-0.15, -0.1) is 0 Å². The quantitative estimate of drug-likeness (QED) is 0.321. The number of hydrogen-bond acceptors (Lipinski definition) is 9. The number of hydrogen-bond donors (Lipinski definition) is 1. The molecule has 0 radical (unpaired) electrons. The van der Waals surface area contributed by atoms with E-state index >= 15 is 0 Å². The Hall–Kier alpha value is -2.94. The maximum atomic E-state index is 12.4. The van der Waals surface area contributed by atoms with Crippen LogP contribution in [0.2, 0.25) is 0 Å². The maximum Gasteiger partial charge on any atom is 0.323 e. The van der Waals surface area contributed by atoms with Gasteiger partial charge in [0.2, 0.25) is 0 Å². The molecule has 0 aromatic heterocycles. The van der Waals surface area contributed by atoms with Gasteiger partial charge in [0.1, 0.15) is 18.8 Å². The van der Waals surface area contributed by atoms with Crippen LogP contribution in [0.4, 0.5) is 0 Å². The Bertz CT molecular complexity index is 875.